The molecular weight excluding hydrogens is 332 g/mol. The van der Waals surface area contributed by atoms with Crippen molar-refractivity contribution in [2.24, 2.45) is 5.73 Å². The summed E-state index contributed by atoms with van der Waals surface area (Å²) < 4.78 is 0. The number of nitrogens with two attached hydrogens (primary N) is 1. The lowest BCUT2D eigenvalue weighted by molar-refractivity contribution is 0.359. The van der Waals surface area contributed by atoms with E-state index in [1.807, 2.05) is 6.20 Å². The van der Waals surface area contributed by atoms with Crippen LogP contribution in [0.3, 0.4) is 0 Å². The van der Waals surface area contributed by atoms with Gasteiger partial charge in [-0.15, -0.1) is 0 Å². The SMILES string of the molecule is NCCCC(NCc1cnc2c(c1)CCCC2)C1CCCc2cccnc21. The van der Waals surface area contributed by atoms with Crippen molar-refractivity contribution >= 4 is 0 Å². The lowest BCUT2D eigenvalue weighted by Gasteiger charge is -2.32. The molecule has 3 N–H and O–H groups in total. The minimum atomic E-state index is 0.429. The van der Waals surface area contributed by atoms with Gasteiger partial charge in [0.1, 0.15) is 0 Å². The van der Waals surface area contributed by atoms with E-state index >= 15 is 0 Å². The van der Waals surface area contributed by atoms with Crippen molar-refractivity contribution < 1.29 is 0 Å². The number of fused-ring (bicyclic) bond motifs is 2. The molecule has 0 spiro atoms. The fourth-order valence-corrected chi connectivity index (χ4v) is 4.80. The predicted molar refractivity (Wildman–Crippen MR) is 110 cm³/mol. The normalized spacial score (nSPS) is 20.0. The quantitative estimate of drug-likeness (QED) is 0.787. The fraction of sp³-hybridized carbons (Fsp3) is 0.565. The lowest BCUT2D eigenvalue weighted by atomic mass is 9.80. The summed E-state index contributed by atoms with van der Waals surface area (Å²) in [5.41, 5.74) is 12.7. The molecule has 0 aliphatic heterocycles. The summed E-state index contributed by atoms with van der Waals surface area (Å²) in [5.74, 6) is 0.493. The van der Waals surface area contributed by atoms with E-state index in [0.717, 1.165) is 38.8 Å². The monoisotopic (exact) mass is 364 g/mol. The van der Waals surface area contributed by atoms with Crippen LogP contribution in [0.15, 0.2) is 30.6 Å². The summed E-state index contributed by atoms with van der Waals surface area (Å²) in [7, 11) is 0. The third-order valence-corrected chi connectivity index (χ3v) is 6.24. The number of hydrogen-bond donors (Lipinski definition) is 2. The van der Waals surface area contributed by atoms with Crippen LogP contribution in [0.1, 0.15) is 72.5 Å². The van der Waals surface area contributed by atoms with E-state index in [1.165, 1.54) is 60.2 Å². The van der Waals surface area contributed by atoms with Crippen LogP contribution < -0.4 is 11.1 Å². The highest BCUT2D eigenvalue weighted by molar-refractivity contribution is 5.29. The zero-order valence-electron chi connectivity index (χ0n) is 16.3. The maximum Gasteiger partial charge on any atom is 0.0481 e. The van der Waals surface area contributed by atoms with E-state index in [0.29, 0.717) is 12.0 Å². The van der Waals surface area contributed by atoms with Crippen LogP contribution >= 0.6 is 0 Å². The Kier molecular flexibility index (Phi) is 6.15. The van der Waals surface area contributed by atoms with Gasteiger partial charge in [0, 0.05) is 42.3 Å². The largest absolute Gasteiger partial charge is 0.330 e. The molecule has 2 aromatic rings. The average molecular weight is 365 g/mol. The van der Waals surface area contributed by atoms with E-state index in [9.17, 15) is 0 Å². The van der Waals surface area contributed by atoms with Crippen molar-refractivity contribution in [1.82, 2.24) is 15.3 Å². The molecular formula is C23H32N4. The van der Waals surface area contributed by atoms with E-state index in [-0.39, 0.29) is 0 Å². The van der Waals surface area contributed by atoms with Gasteiger partial charge in [-0.1, -0.05) is 12.1 Å². The number of nitrogens with one attached hydrogen (secondary N) is 1. The Hall–Kier alpha value is -1.78. The van der Waals surface area contributed by atoms with Crippen LogP contribution in [0.25, 0.3) is 0 Å². The summed E-state index contributed by atoms with van der Waals surface area (Å²) in [5, 5.41) is 3.85. The van der Waals surface area contributed by atoms with Crippen LogP contribution in [-0.4, -0.2) is 22.6 Å². The van der Waals surface area contributed by atoms with Gasteiger partial charge in [0.25, 0.3) is 0 Å². The third-order valence-electron chi connectivity index (χ3n) is 6.24. The number of nitrogens with zero attached hydrogens (tertiary/aromatic N) is 2. The molecule has 2 aliphatic carbocycles. The van der Waals surface area contributed by atoms with Crippen LogP contribution in [0.2, 0.25) is 0 Å². The first-order valence-electron chi connectivity index (χ1n) is 10.7. The molecule has 144 valence electrons. The maximum atomic E-state index is 5.83. The van der Waals surface area contributed by atoms with Gasteiger partial charge in [-0.3, -0.25) is 9.97 Å². The first kappa shape index (κ1) is 18.6. The Morgan fingerprint density at radius 1 is 1.11 bits per heavy atom. The van der Waals surface area contributed by atoms with Crippen LogP contribution in [0.4, 0.5) is 0 Å². The van der Waals surface area contributed by atoms with E-state index in [2.05, 4.69) is 29.7 Å². The number of hydrogen-bond acceptors (Lipinski definition) is 4. The molecule has 2 aromatic heterocycles. The van der Waals surface area contributed by atoms with Crippen molar-refractivity contribution in [1.29, 1.82) is 0 Å². The number of rotatable bonds is 7. The van der Waals surface area contributed by atoms with Crippen LogP contribution in [-0.2, 0) is 25.8 Å². The van der Waals surface area contributed by atoms with Gasteiger partial charge in [-0.05, 0) is 87.1 Å². The summed E-state index contributed by atoms with van der Waals surface area (Å²) in [6.45, 7) is 1.63. The molecule has 0 fully saturated rings. The van der Waals surface area contributed by atoms with Gasteiger partial charge in [0.15, 0.2) is 0 Å². The Bertz CT molecular complexity index is 758. The first-order chi connectivity index (χ1) is 13.3. The molecule has 4 nitrogen and oxygen atoms in total. The summed E-state index contributed by atoms with van der Waals surface area (Å²) in [4.78, 5) is 9.49. The molecule has 27 heavy (non-hydrogen) atoms. The summed E-state index contributed by atoms with van der Waals surface area (Å²) in [6.07, 6.45) is 14.7. The van der Waals surface area contributed by atoms with Gasteiger partial charge in [0.05, 0.1) is 0 Å². The summed E-state index contributed by atoms with van der Waals surface area (Å²) >= 11 is 0. The Morgan fingerprint density at radius 2 is 2.00 bits per heavy atom. The molecule has 0 saturated heterocycles. The molecule has 2 heterocycles. The Balaban J connectivity index is 1.48. The molecule has 0 aromatic carbocycles. The second kappa shape index (κ2) is 8.94. The van der Waals surface area contributed by atoms with Crippen molar-refractivity contribution in [3.8, 4) is 0 Å². The second-order valence-corrected chi connectivity index (χ2v) is 8.12. The number of aryl methyl sites for hydroxylation is 3. The maximum absolute atomic E-state index is 5.83. The topological polar surface area (TPSA) is 63.8 Å². The van der Waals surface area contributed by atoms with Gasteiger partial charge >= 0.3 is 0 Å². The average Bonchev–Trinajstić information content (AvgIpc) is 2.73. The molecule has 0 bridgehead atoms. The molecule has 4 heteroatoms. The molecule has 0 saturated carbocycles. The highest BCUT2D eigenvalue weighted by Crippen LogP contribution is 2.34. The van der Waals surface area contributed by atoms with Gasteiger partial charge in [-0.25, -0.2) is 0 Å². The van der Waals surface area contributed by atoms with Crippen molar-refractivity contribution in [3.63, 3.8) is 0 Å². The first-order valence-corrected chi connectivity index (χ1v) is 10.7. The van der Waals surface area contributed by atoms with E-state index < -0.39 is 0 Å². The summed E-state index contributed by atoms with van der Waals surface area (Å²) in [6, 6.07) is 7.13. The second-order valence-electron chi connectivity index (χ2n) is 8.12. The van der Waals surface area contributed by atoms with Gasteiger partial charge in [0.2, 0.25) is 0 Å². The molecule has 0 radical (unpaired) electrons. The lowest BCUT2D eigenvalue weighted by Crippen LogP contribution is -2.37. The zero-order valence-corrected chi connectivity index (χ0v) is 16.3. The standard InChI is InChI=1S/C23H32N4/c24-12-4-11-22(20-9-3-7-18-8-5-13-25-23(18)20)27-16-17-14-19-6-1-2-10-21(19)26-15-17/h5,8,13-15,20,22,27H,1-4,6-7,9-12,16,24H2. The minimum Gasteiger partial charge on any atom is -0.330 e. The van der Waals surface area contributed by atoms with E-state index in [1.54, 1.807) is 0 Å². The molecule has 2 atom stereocenters. The Labute approximate surface area is 163 Å². The molecule has 0 amide bonds. The fourth-order valence-electron chi connectivity index (χ4n) is 4.80. The molecule has 2 unspecified atom stereocenters. The minimum absolute atomic E-state index is 0.429. The smallest absolute Gasteiger partial charge is 0.0481 e. The van der Waals surface area contributed by atoms with Gasteiger partial charge < -0.3 is 11.1 Å². The highest BCUT2D eigenvalue weighted by Gasteiger charge is 2.28. The number of pyridine rings is 2. The van der Waals surface area contributed by atoms with Crippen molar-refractivity contribution in [2.75, 3.05) is 6.54 Å². The third kappa shape index (κ3) is 4.39. The van der Waals surface area contributed by atoms with Crippen LogP contribution in [0.5, 0.6) is 0 Å². The van der Waals surface area contributed by atoms with Crippen molar-refractivity contribution in [2.45, 2.75) is 76.3 Å². The predicted octanol–water partition coefficient (Wildman–Crippen LogP) is 3.67. The molecule has 2 aliphatic rings. The van der Waals surface area contributed by atoms with Gasteiger partial charge in [-0.2, -0.15) is 0 Å². The van der Waals surface area contributed by atoms with Crippen LogP contribution in [0, 0.1) is 0 Å². The molecule has 4 rings (SSSR count). The van der Waals surface area contributed by atoms with Crippen molar-refractivity contribution in [3.05, 3.63) is 58.7 Å². The number of aromatic nitrogens is 2. The highest BCUT2D eigenvalue weighted by atomic mass is 14.9. The zero-order chi connectivity index (χ0) is 18.5. The Morgan fingerprint density at radius 3 is 2.93 bits per heavy atom. The van der Waals surface area contributed by atoms with E-state index in [4.69, 9.17) is 15.7 Å².